The molecule has 1 atom stereocenters. The molecule has 0 bridgehead atoms. The summed E-state index contributed by atoms with van der Waals surface area (Å²) in [6.07, 6.45) is -5.18. The molecule has 3 nitrogen and oxygen atoms in total. The van der Waals surface area contributed by atoms with E-state index in [-0.39, 0.29) is 5.02 Å². The molecule has 0 spiro atoms. The van der Waals surface area contributed by atoms with Gasteiger partial charge in [0.1, 0.15) is 5.75 Å². The highest BCUT2D eigenvalue weighted by Crippen LogP contribution is 2.38. The monoisotopic (exact) mass is 375 g/mol. The number of rotatable bonds is 5. The predicted octanol–water partition coefficient (Wildman–Crippen LogP) is 4.76. The van der Waals surface area contributed by atoms with Crippen molar-refractivity contribution in [2.24, 2.45) is 5.73 Å². The van der Waals surface area contributed by atoms with Gasteiger partial charge in [-0.05, 0) is 49.4 Å². The van der Waals surface area contributed by atoms with Crippen LogP contribution in [0.25, 0.3) is 0 Å². The molecule has 2 rings (SSSR count). The summed E-state index contributed by atoms with van der Waals surface area (Å²) < 4.78 is 43.2. The number of halogens is 4. The van der Waals surface area contributed by atoms with Crippen molar-refractivity contribution in [2.45, 2.75) is 29.0 Å². The van der Waals surface area contributed by atoms with Crippen LogP contribution in [0.3, 0.4) is 0 Å². The van der Waals surface area contributed by atoms with Crippen LogP contribution in [0.4, 0.5) is 13.2 Å². The second-order valence-electron chi connectivity index (χ2n) is 4.88. The minimum atomic E-state index is -4.43. The number of hydrogen-bond donors (Lipinski definition) is 1. The van der Waals surface area contributed by atoms with Crippen LogP contribution in [0.15, 0.2) is 52.3 Å². The average Bonchev–Trinajstić information content (AvgIpc) is 2.50. The summed E-state index contributed by atoms with van der Waals surface area (Å²) in [6, 6.07) is 9.91. The Bertz CT molecular complexity index is 735. The standard InChI is InChI=1S/C16H13ClF3NO2S/c1-9(15(21)22)23-11-3-5-12(6-4-11)24-14-7-2-10(8-13(14)17)16(18,19)20/h2-9H,1H3,(H2,21,22). The van der Waals surface area contributed by atoms with E-state index in [0.29, 0.717) is 10.6 Å². The first-order chi connectivity index (χ1) is 11.2. The van der Waals surface area contributed by atoms with Gasteiger partial charge in [0.05, 0.1) is 10.6 Å². The lowest BCUT2D eigenvalue weighted by Gasteiger charge is -2.12. The van der Waals surface area contributed by atoms with Gasteiger partial charge >= 0.3 is 6.18 Å². The van der Waals surface area contributed by atoms with Crippen LogP contribution >= 0.6 is 23.4 Å². The number of ether oxygens (including phenoxy) is 1. The summed E-state index contributed by atoms with van der Waals surface area (Å²) in [4.78, 5) is 12.2. The number of primary amides is 1. The second kappa shape index (κ2) is 7.36. The molecule has 0 fully saturated rings. The zero-order chi connectivity index (χ0) is 17.9. The first-order valence-electron chi connectivity index (χ1n) is 6.77. The van der Waals surface area contributed by atoms with E-state index in [1.165, 1.54) is 24.8 Å². The Labute approximate surface area is 145 Å². The molecule has 1 unspecified atom stereocenters. The third kappa shape index (κ3) is 4.82. The molecule has 0 saturated carbocycles. The van der Waals surface area contributed by atoms with Crippen LogP contribution in [0, 0.1) is 0 Å². The number of nitrogens with two attached hydrogens (primary N) is 1. The SMILES string of the molecule is CC(Oc1ccc(Sc2ccc(C(F)(F)F)cc2Cl)cc1)C(N)=O. The molecule has 24 heavy (non-hydrogen) atoms. The lowest BCUT2D eigenvalue weighted by Crippen LogP contribution is -2.30. The van der Waals surface area contributed by atoms with E-state index in [4.69, 9.17) is 22.1 Å². The summed E-state index contributed by atoms with van der Waals surface area (Å²) in [6.45, 7) is 1.53. The molecule has 2 aromatic rings. The zero-order valence-corrected chi connectivity index (χ0v) is 14.0. The van der Waals surface area contributed by atoms with Crippen molar-refractivity contribution in [1.82, 2.24) is 0 Å². The highest BCUT2D eigenvalue weighted by Gasteiger charge is 2.30. The number of carbonyl (C=O) groups excluding carboxylic acids is 1. The number of benzene rings is 2. The topological polar surface area (TPSA) is 52.3 Å². The predicted molar refractivity (Wildman–Crippen MR) is 86.3 cm³/mol. The zero-order valence-electron chi connectivity index (χ0n) is 12.4. The van der Waals surface area contributed by atoms with Crippen molar-refractivity contribution in [3.63, 3.8) is 0 Å². The molecule has 0 aliphatic rings. The van der Waals surface area contributed by atoms with Crippen molar-refractivity contribution < 1.29 is 22.7 Å². The average molecular weight is 376 g/mol. The van der Waals surface area contributed by atoms with Gasteiger partial charge in [-0.25, -0.2) is 0 Å². The molecule has 8 heteroatoms. The van der Waals surface area contributed by atoms with E-state index in [1.807, 2.05) is 0 Å². The molecule has 1 amide bonds. The van der Waals surface area contributed by atoms with Gasteiger partial charge in [0.15, 0.2) is 6.10 Å². The van der Waals surface area contributed by atoms with Gasteiger partial charge in [0, 0.05) is 9.79 Å². The van der Waals surface area contributed by atoms with Gasteiger partial charge in [-0.2, -0.15) is 13.2 Å². The minimum absolute atomic E-state index is 0.0255. The Morgan fingerprint density at radius 3 is 2.33 bits per heavy atom. The van der Waals surface area contributed by atoms with Crippen molar-refractivity contribution in [1.29, 1.82) is 0 Å². The van der Waals surface area contributed by atoms with Gasteiger partial charge < -0.3 is 10.5 Å². The first kappa shape index (κ1) is 18.5. The largest absolute Gasteiger partial charge is 0.481 e. The van der Waals surface area contributed by atoms with Gasteiger partial charge in [-0.1, -0.05) is 23.4 Å². The van der Waals surface area contributed by atoms with E-state index in [9.17, 15) is 18.0 Å². The van der Waals surface area contributed by atoms with Gasteiger partial charge in [-0.3, -0.25) is 4.79 Å². The third-order valence-corrected chi connectivity index (χ3v) is 4.53. The molecule has 0 aromatic heterocycles. The molecule has 128 valence electrons. The molecular weight excluding hydrogens is 363 g/mol. The number of alkyl halides is 3. The maximum Gasteiger partial charge on any atom is 0.416 e. The van der Waals surface area contributed by atoms with Crippen LogP contribution in [0.2, 0.25) is 5.02 Å². The Morgan fingerprint density at radius 1 is 1.21 bits per heavy atom. The Balaban J connectivity index is 2.10. The minimum Gasteiger partial charge on any atom is -0.481 e. The van der Waals surface area contributed by atoms with Crippen LogP contribution in [0.5, 0.6) is 5.75 Å². The second-order valence-corrected chi connectivity index (χ2v) is 6.40. The molecule has 0 radical (unpaired) electrons. The molecule has 0 saturated heterocycles. The van der Waals surface area contributed by atoms with Gasteiger partial charge in [-0.15, -0.1) is 0 Å². The van der Waals surface area contributed by atoms with E-state index < -0.39 is 23.8 Å². The van der Waals surface area contributed by atoms with Crippen LogP contribution in [0.1, 0.15) is 12.5 Å². The van der Waals surface area contributed by atoms with E-state index in [1.54, 1.807) is 24.3 Å². The van der Waals surface area contributed by atoms with E-state index >= 15 is 0 Å². The van der Waals surface area contributed by atoms with Crippen LogP contribution in [-0.4, -0.2) is 12.0 Å². The fourth-order valence-corrected chi connectivity index (χ4v) is 2.85. The summed E-state index contributed by atoms with van der Waals surface area (Å²) in [5, 5.41) is 0.0255. The highest BCUT2D eigenvalue weighted by molar-refractivity contribution is 7.99. The van der Waals surface area contributed by atoms with Crippen molar-refractivity contribution in [3.8, 4) is 5.75 Å². The number of amides is 1. The van der Waals surface area contributed by atoms with Crippen molar-refractivity contribution >= 4 is 29.3 Å². The summed E-state index contributed by atoms with van der Waals surface area (Å²) >= 11 is 7.14. The van der Waals surface area contributed by atoms with Crippen molar-refractivity contribution in [3.05, 3.63) is 53.1 Å². The smallest absolute Gasteiger partial charge is 0.416 e. The molecule has 2 N–H and O–H groups in total. The van der Waals surface area contributed by atoms with Gasteiger partial charge in [0.2, 0.25) is 0 Å². The Kier molecular flexibility index (Phi) is 5.66. The molecule has 0 heterocycles. The Morgan fingerprint density at radius 2 is 1.83 bits per heavy atom. The van der Waals surface area contributed by atoms with Gasteiger partial charge in [0.25, 0.3) is 5.91 Å². The highest BCUT2D eigenvalue weighted by atomic mass is 35.5. The third-order valence-electron chi connectivity index (χ3n) is 3.02. The van der Waals surface area contributed by atoms with E-state index in [2.05, 4.69) is 0 Å². The summed E-state index contributed by atoms with van der Waals surface area (Å²) in [5.41, 5.74) is 4.32. The van der Waals surface area contributed by atoms with E-state index in [0.717, 1.165) is 17.0 Å². The van der Waals surface area contributed by atoms with Crippen molar-refractivity contribution in [2.75, 3.05) is 0 Å². The maximum absolute atomic E-state index is 12.6. The fourth-order valence-electron chi connectivity index (χ4n) is 1.74. The lowest BCUT2D eigenvalue weighted by molar-refractivity contribution is -0.137. The number of carbonyl (C=O) groups is 1. The molecule has 2 aromatic carbocycles. The lowest BCUT2D eigenvalue weighted by atomic mass is 10.2. The maximum atomic E-state index is 12.6. The molecular formula is C16H13ClF3NO2S. The van der Waals surface area contributed by atoms with Crippen LogP contribution in [-0.2, 0) is 11.0 Å². The summed E-state index contributed by atoms with van der Waals surface area (Å²) in [5.74, 6) is -0.117. The normalized spacial score (nSPS) is 12.7. The molecule has 0 aliphatic heterocycles. The van der Waals surface area contributed by atoms with Crippen LogP contribution < -0.4 is 10.5 Å². The first-order valence-corrected chi connectivity index (χ1v) is 7.97. The quantitative estimate of drug-likeness (QED) is 0.819. The molecule has 0 aliphatic carbocycles. The summed E-state index contributed by atoms with van der Waals surface area (Å²) in [7, 11) is 0. The fraction of sp³-hybridized carbons (Fsp3) is 0.188. The number of hydrogen-bond acceptors (Lipinski definition) is 3. The Hall–Kier alpha value is -1.86.